The van der Waals surface area contributed by atoms with Crippen molar-refractivity contribution in [1.29, 1.82) is 0 Å². The average Bonchev–Trinajstić information content (AvgIpc) is 3.31. The Kier molecular flexibility index (Phi) is 5.13. The maximum absolute atomic E-state index is 11.8. The van der Waals surface area contributed by atoms with Crippen LogP contribution in [0.25, 0.3) is 0 Å². The van der Waals surface area contributed by atoms with Gasteiger partial charge in [-0.2, -0.15) is 0 Å². The van der Waals surface area contributed by atoms with Crippen LogP contribution in [0.2, 0.25) is 0 Å². The van der Waals surface area contributed by atoms with Crippen molar-refractivity contribution in [3.05, 3.63) is 29.8 Å². The Hall–Kier alpha value is -1.66. The van der Waals surface area contributed by atoms with Crippen LogP contribution in [0.15, 0.2) is 24.3 Å². The highest BCUT2D eigenvalue weighted by atomic mass is 32.1. The van der Waals surface area contributed by atoms with E-state index in [2.05, 4.69) is 39.5 Å². The van der Waals surface area contributed by atoms with Crippen LogP contribution in [0, 0.1) is 6.92 Å². The molecule has 2 aliphatic rings. The Labute approximate surface area is 143 Å². The van der Waals surface area contributed by atoms with Crippen molar-refractivity contribution in [2.24, 2.45) is 0 Å². The summed E-state index contributed by atoms with van der Waals surface area (Å²) in [5.41, 5.74) is 2.24. The quantitative estimate of drug-likeness (QED) is 0.820. The summed E-state index contributed by atoms with van der Waals surface area (Å²) >= 11 is 5.51. The zero-order chi connectivity index (χ0) is 16.2. The van der Waals surface area contributed by atoms with E-state index in [1.807, 2.05) is 12.1 Å². The Morgan fingerprint density at radius 1 is 1.26 bits per heavy atom. The molecule has 0 spiro atoms. The number of carbonyl (C=O) groups is 1. The minimum absolute atomic E-state index is 0.154. The monoisotopic (exact) mass is 332 g/mol. The summed E-state index contributed by atoms with van der Waals surface area (Å²) in [6.07, 6.45) is 2.27. The minimum Gasteiger partial charge on any atom is -0.352 e. The van der Waals surface area contributed by atoms with E-state index in [1.54, 1.807) is 0 Å². The molecule has 1 saturated heterocycles. The maximum Gasteiger partial charge on any atom is 0.234 e. The van der Waals surface area contributed by atoms with Crippen LogP contribution in [0.5, 0.6) is 0 Å². The van der Waals surface area contributed by atoms with Gasteiger partial charge in [-0.3, -0.25) is 9.69 Å². The summed E-state index contributed by atoms with van der Waals surface area (Å²) in [7, 11) is 0. The van der Waals surface area contributed by atoms with Crippen molar-refractivity contribution in [3.8, 4) is 0 Å². The largest absolute Gasteiger partial charge is 0.352 e. The highest BCUT2D eigenvalue weighted by Crippen LogP contribution is 2.18. The summed E-state index contributed by atoms with van der Waals surface area (Å²) in [4.78, 5) is 16.2. The standard InChI is InChI=1S/C17H24N4OS/c1-13-3-2-4-15(11-13)19-17(23)21-9-7-20(8-10-21)12-16(22)18-14-5-6-14/h2-4,11,14H,5-10,12H2,1H3,(H,18,22)(H,19,23). The molecular formula is C17H24N4OS. The molecule has 6 heteroatoms. The van der Waals surface area contributed by atoms with Gasteiger partial charge in [-0.25, -0.2) is 0 Å². The molecule has 5 nitrogen and oxygen atoms in total. The highest BCUT2D eigenvalue weighted by Gasteiger charge is 2.25. The van der Waals surface area contributed by atoms with Gasteiger partial charge in [0.25, 0.3) is 0 Å². The predicted octanol–water partition coefficient (Wildman–Crippen LogP) is 1.59. The molecular weight excluding hydrogens is 308 g/mol. The maximum atomic E-state index is 11.8. The number of aryl methyl sites for hydroxylation is 1. The van der Waals surface area contributed by atoms with Crippen LogP contribution in [0.4, 0.5) is 5.69 Å². The Morgan fingerprint density at radius 2 is 2.00 bits per heavy atom. The zero-order valence-corrected chi connectivity index (χ0v) is 14.4. The number of hydrogen-bond acceptors (Lipinski definition) is 3. The number of thiocarbonyl (C=S) groups is 1. The molecule has 1 saturated carbocycles. The lowest BCUT2D eigenvalue weighted by atomic mass is 10.2. The van der Waals surface area contributed by atoms with E-state index in [9.17, 15) is 4.79 Å². The number of carbonyl (C=O) groups excluding carboxylic acids is 1. The number of amides is 1. The normalized spacial score (nSPS) is 18.6. The number of hydrogen-bond donors (Lipinski definition) is 2. The van der Waals surface area contributed by atoms with Crippen molar-refractivity contribution >= 4 is 28.9 Å². The fourth-order valence-electron chi connectivity index (χ4n) is 2.74. The van der Waals surface area contributed by atoms with Crippen molar-refractivity contribution in [3.63, 3.8) is 0 Å². The van der Waals surface area contributed by atoms with Gasteiger partial charge in [0, 0.05) is 37.9 Å². The predicted molar refractivity (Wildman–Crippen MR) is 96.6 cm³/mol. The molecule has 1 heterocycles. The molecule has 1 aromatic rings. The molecule has 0 bridgehead atoms. The summed E-state index contributed by atoms with van der Waals surface area (Å²) in [5.74, 6) is 0.154. The van der Waals surface area contributed by atoms with Crippen LogP contribution in [-0.2, 0) is 4.79 Å². The first kappa shape index (κ1) is 16.2. The van der Waals surface area contributed by atoms with Crippen molar-refractivity contribution in [2.45, 2.75) is 25.8 Å². The van der Waals surface area contributed by atoms with E-state index in [0.29, 0.717) is 12.6 Å². The van der Waals surface area contributed by atoms with Crippen LogP contribution in [0.1, 0.15) is 18.4 Å². The van der Waals surface area contributed by atoms with Crippen LogP contribution in [-0.4, -0.2) is 59.6 Å². The fraction of sp³-hybridized carbons (Fsp3) is 0.529. The van der Waals surface area contributed by atoms with Crippen molar-refractivity contribution < 1.29 is 4.79 Å². The Bertz CT molecular complexity index is 580. The van der Waals surface area contributed by atoms with Gasteiger partial charge < -0.3 is 15.5 Å². The van der Waals surface area contributed by atoms with E-state index < -0.39 is 0 Å². The molecule has 0 unspecified atom stereocenters. The second-order valence-electron chi connectivity index (χ2n) is 6.40. The van der Waals surface area contributed by atoms with Gasteiger partial charge in [0.15, 0.2) is 5.11 Å². The average molecular weight is 332 g/mol. The molecule has 1 amide bonds. The SMILES string of the molecule is Cc1cccc(NC(=S)N2CCN(CC(=O)NC3CC3)CC2)c1. The molecule has 23 heavy (non-hydrogen) atoms. The fourth-order valence-corrected chi connectivity index (χ4v) is 3.04. The molecule has 0 atom stereocenters. The van der Waals surface area contributed by atoms with E-state index in [4.69, 9.17) is 12.2 Å². The Morgan fingerprint density at radius 3 is 2.65 bits per heavy atom. The molecule has 1 aliphatic heterocycles. The molecule has 2 N–H and O–H groups in total. The number of anilines is 1. The third-order valence-electron chi connectivity index (χ3n) is 4.24. The highest BCUT2D eigenvalue weighted by molar-refractivity contribution is 7.80. The van der Waals surface area contributed by atoms with Crippen LogP contribution < -0.4 is 10.6 Å². The van der Waals surface area contributed by atoms with Gasteiger partial charge in [0.2, 0.25) is 5.91 Å². The zero-order valence-electron chi connectivity index (χ0n) is 13.5. The molecule has 3 rings (SSSR count). The third-order valence-corrected chi connectivity index (χ3v) is 4.60. The first-order valence-electron chi connectivity index (χ1n) is 8.24. The second kappa shape index (κ2) is 7.27. The first-order chi connectivity index (χ1) is 11.1. The van der Waals surface area contributed by atoms with E-state index in [0.717, 1.165) is 49.8 Å². The van der Waals surface area contributed by atoms with Gasteiger partial charge in [0.05, 0.1) is 6.54 Å². The van der Waals surface area contributed by atoms with Gasteiger partial charge in [-0.1, -0.05) is 12.1 Å². The van der Waals surface area contributed by atoms with Gasteiger partial charge >= 0.3 is 0 Å². The molecule has 124 valence electrons. The molecule has 0 aromatic heterocycles. The van der Waals surface area contributed by atoms with Crippen molar-refractivity contribution in [1.82, 2.24) is 15.1 Å². The molecule has 1 aliphatic carbocycles. The molecule has 1 aromatic carbocycles. The minimum atomic E-state index is 0.154. The number of nitrogens with zero attached hydrogens (tertiary/aromatic N) is 2. The van der Waals surface area contributed by atoms with Gasteiger partial charge in [-0.15, -0.1) is 0 Å². The van der Waals surface area contributed by atoms with Gasteiger partial charge in [-0.05, 0) is 49.7 Å². The van der Waals surface area contributed by atoms with Crippen LogP contribution in [0.3, 0.4) is 0 Å². The van der Waals surface area contributed by atoms with Gasteiger partial charge in [0.1, 0.15) is 0 Å². The lowest BCUT2D eigenvalue weighted by Crippen LogP contribution is -2.52. The van der Waals surface area contributed by atoms with E-state index >= 15 is 0 Å². The number of piperazine rings is 1. The third kappa shape index (κ3) is 4.91. The summed E-state index contributed by atoms with van der Waals surface area (Å²) in [5, 5.41) is 7.10. The first-order valence-corrected chi connectivity index (χ1v) is 8.65. The topological polar surface area (TPSA) is 47.6 Å². The number of benzene rings is 1. The van der Waals surface area contributed by atoms with E-state index in [1.165, 1.54) is 5.56 Å². The lowest BCUT2D eigenvalue weighted by molar-refractivity contribution is -0.122. The second-order valence-corrected chi connectivity index (χ2v) is 6.79. The number of rotatable bonds is 4. The number of nitrogens with one attached hydrogen (secondary N) is 2. The summed E-state index contributed by atoms with van der Waals surface area (Å²) in [6, 6.07) is 8.65. The van der Waals surface area contributed by atoms with Crippen molar-refractivity contribution in [2.75, 3.05) is 38.0 Å². The Balaban J connectivity index is 1.42. The summed E-state index contributed by atoms with van der Waals surface area (Å²) in [6.45, 7) is 6.02. The molecule has 2 fully saturated rings. The van der Waals surface area contributed by atoms with Crippen LogP contribution >= 0.6 is 12.2 Å². The molecule has 0 radical (unpaired) electrons. The smallest absolute Gasteiger partial charge is 0.234 e. The summed E-state index contributed by atoms with van der Waals surface area (Å²) < 4.78 is 0. The lowest BCUT2D eigenvalue weighted by Gasteiger charge is -2.35. The van der Waals surface area contributed by atoms with E-state index in [-0.39, 0.29) is 5.91 Å².